The molecule has 0 saturated heterocycles. The zero-order valence-electron chi connectivity index (χ0n) is 15.2. The summed E-state index contributed by atoms with van der Waals surface area (Å²) in [4.78, 5) is 14.6. The Morgan fingerprint density at radius 2 is 1.76 bits per heavy atom. The van der Waals surface area contributed by atoms with Crippen molar-refractivity contribution in [3.63, 3.8) is 0 Å². The number of nitrogens with zero attached hydrogens (tertiary/aromatic N) is 2. The van der Waals surface area contributed by atoms with Gasteiger partial charge in [-0.2, -0.15) is 13.2 Å². The van der Waals surface area contributed by atoms with Gasteiger partial charge in [0.05, 0.1) is 16.2 Å². The molecule has 0 saturated carbocycles. The Morgan fingerprint density at radius 3 is 2.41 bits per heavy atom. The molecular weight excluding hydrogens is 385 g/mol. The van der Waals surface area contributed by atoms with Gasteiger partial charge in [-0.1, -0.05) is 29.8 Å². The Labute approximate surface area is 164 Å². The molecule has 0 amide bonds. The van der Waals surface area contributed by atoms with E-state index in [1.807, 2.05) is 31.2 Å². The zero-order chi connectivity index (χ0) is 21.0. The molecule has 0 atom stereocenters. The maximum atomic E-state index is 12.8. The normalized spacial score (nSPS) is 11.6. The highest BCUT2D eigenvalue weighted by Crippen LogP contribution is 2.37. The second-order valence-electron chi connectivity index (χ2n) is 6.21. The third-order valence-electron chi connectivity index (χ3n) is 3.97. The van der Waals surface area contributed by atoms with Crippen LogP contribution in [0.4, 0.5) is 24.5 Å². The Hall–Kier alpha value is -3.68. The van der Waals surface area contributed by atoms with Crippen molar-refractivity contribution in [3.05, 3.63) is 93.5 Å². The number of aliphatic imine (C=N–C) groups is 1. The molecule has 29 heavy (non-hydrogen) atoms. The van der Waals surface area contributed by atoms with Gasteiger partial charge in [-0.25, -0.2) is 0 Å². The number of rotatable bonds is 5. The molecule has 0 aliphatic carbocycles. The molecule has 0 heterocycles. The van der Waals surface area contributed by atoms with Gasteiger partial charge in [-0.15, -0.1) is 0 Å². The Kier molecular flexibility index (Phi) is 5.63. The van der Waals surface area contributed by atoms with Gasteiger partial charge in [0.2, 0.25) is 5.75 Å². The molecule has 0 N–H and O–H groups in total. The highest BCUT2D eigenvalue weighted by Gasteiger charge is 2.33. The van der Waals surface area contributed by atoms with E-state index in [-0.39, 0.29) is 11.5 Å². The molecule has 3 aromatic rings. The monoisotopic (exact) mass is 400 g/mol. The highest BCUT2D eigenvalue weighted by atomic mass is 19.4. The van der Waals surface area contributed by atoms with Crippen molar-refractivity contribution in [2.75, 3.05) is 0 Å². The van der Waals surface area contributed by atoms with Crippen molar-refractivity contribution in [1.29, 1.82) is 0 Å². The number of hydrogen-bond acceptors (Lipinski definition) is 4. The Balaban J connectivity index is 1.84. The summed E-state index contributed by atoms with van der Waals surface area (Å²) in [5, 5.41) is 11.2. The van der Waals surface area contributed by atoms with Crippen molar-refractivity contribution >= 4 is 17.6 Å². The summed E-state index contributed by atoms with van der Waals surface area (Å²) >= 11 is 0. The molecule has 3 rings (SSSR count). The number of alkyl halides is 3. The number of aryl methyl sites for hydroxylation is 1. The first-order valence-corrected chi connectivity index (χ1v) is 8.47. The van der Waals surface area contributed by atoms with Crippen molar-refractivity contribution in [1.82, 2.24) is 0 Å². The van der Waals surface area contributed by atoms with E-state index in [4.69, 9.17) is 4.74 Å². The number of ether oxygens (including phenoxy) is 1. The number of nitro groups is 1. The fourth-order valence-electron chi connectivity index (χ4n) is 2.49. The summed E-state index contributed by atoms with van der Waals surface area (Å²) in [5.41, 5.74) is 0.643. The smallest absolute Gasteiger partial charge is 0.416 e. The van der Waals surface area contributed by atoms with Gasteiger partial charge < -0.3 is 4.74 Å². The van der Waals surface area contributed by atoms with E-state index >= 15 is 0 Å². The van der Waals surface area contributed by atoms with Crippen molar-refractivity contribution in [2.24, 2.45) is 4.99 Å². The average Bonchev–Trinajstić information content (AvgIpc) is 2.67. The summed E-state index contributed by atoms with van der Waals surface area (Å²) in [6.45, 7) is 1.97. The van der Waals surface area contributed by atoms with Gasteiger partial charge in [0.1, 0.15) is 5.75 Å². The molecule has 0 aromatic heterocycles. The van der Waals surface area contributed by atoms with Crippen LogP contribution in [-0.2, 0) is 6.18 Å². The van der Waals surface area contributed by atoms with Crippen LogP contribution in [0, 0.1) is 17.0 Å². The molecule has 5 nitrogen and oxygen atoms in total. The molecule has 0 spiro atoms. The van der Waals surface area contributed by atoms with Crippen LogP contribution in [0.15, 0.2) is 71.7 Å². The molecule has 3 aromatic carbocycles. The van der Waals surface area contributed by atoms with Crippen LogP contribution in [0.5, 0.6) is 11.5 Å². The summed E-state index contributed by atoms with van der Waals surface area (Å²) in [6, 6.07) is 16.2. The minimum atomic E-state index is -4.68. The first kappa shape index (κ1) is 20.1. The fourth-order valence-corrected chi connectivity index (χ4v) is 2.49. The van der Waals surface area contributed by atoms with Gasteiger partial charge in [0.15, 0.2) is 0 Å². The molecule has 0 aliphatic heterocycles. The number of hydrogen-bond donors (Lipinski definition) is 0. The maximum Gasteiger partial charge on any atom is 0.416 e. The summed E-state index contributed by atoms with van der Waals surface area (Å²) in [7, 11) is 0. The lowest BCUT2D eigenvalue weighted by Crippen LogP contribution is -2.06. The molecule has 0 unspecified atom stereocenters. The summed E-state index contributed by atoms with van der Waals surface area (Å²) in [5.74, 6) is -0.0451. The molecule has 8 heteroatoms. The number of benzene rings is 3. The predicted octanol–water partition coefficient (Wildman–Crippen LogP) is 6.46. The molecular formula is C21H15F3N2O3. The van der Waals surface area contributed by atoms with E-state index in [0.29, 0.717) is 11.6 Å². The zero-order valence-corrected chi connectivity index (χ0v) is 15.2. The third kappa shape index (κ3) is 5.19. The van der Waals surface area contributed by atoms with Crippen LogP contribution in [0.1, 0.15) is 16.7 Å². The second-order valence-corrected chi connectivity index (χ2v) is 6.21. The molecule has 0 radical (unpaired) electrons. The largest absolute Gasteiger partial charge is 0.450 e. The lowest BCUT2D eigenvalue weighted by atomic mass is 10.1. The quantitative estimate of drug-likeness (QED) is 0.280. The van der Waals surface area contributed by atoms with E-state index in [2.05, 4.69) is 4.99 Å². The van der Waals surface area contributed by atoms with Crippen LogP contribution in [0.25, 0.3) is 0 Å². The Morgan fingerprint density at radius 1 is 1.03 bits per heavy atom. The first-order chi connectivity index (χ1) is 13.7. The molecule has 0 fully saturated rings. The van der Waals surface area contributed by atoms with E-state index < -0.39 is 22.4 Å². The SMILES string of the molecule is Cc1ccc(N=Cc2cccc(Oc3ccc(C(F)(F)F)cc3[N+](=O)[O-])c2)cc1. The van der Waals surface area contributed by atoms with Crippen LogP contribution in [0.3, 0.4) is 0 Å². The van der Waals surface area contributed by atoms with E-state index in [1.165, 1.54) is 0 Å². The van der Waals surface area contributed by atoms with Gasteiger partial charge >= 0.3 is 11.9 Å². The minimum absolute atomic E-state index is 0.237. The predicted molar refractivity (Wildman–Crippen MR) is 103 cm³/mol. The minimum Gasteiger partial charge on any atom is -0.450 e. The first-order valence-electron chi connectivity index (χ1n) is 8.47. The van der Waals surface area contributed by atoms with Gasteiger partial charge in [-0.05, 0) is 48.9 Å². The lowest BCUT2D eigenvalue weighted by molar-refractivity contribution is -0.385. The van der Waals surface area contributed by atoms with Crippen molar-refractivity contribution in [3.8, 4) is 11.5 Å². The summed E-state index contributed by atoms with van der Waals surface area (Å²) < 4.78 is 43.9. The highest BCUT2D eigenvalue weighted by molar-refractivity contribution is 5.82. The van der Waals surface area contributed by atoms with Crippen molar-refractivity contribution < 1.29 is 22.8 Å². The number of nitro benzene ring substituents is 1. The molecule has 0 aliphatic rings. The van der Waals surface area contributed by atoms with Gasteiger partial charge in [0.25, 0.3) is 0 Å². The van der Waals surface area contributed by atoms with Crippen LogP contribution >= 0.6 is 0 Å². The summed E-state index contributed by atoms with van der Waals surface area (Å²) in [6.07, 6.45) is -3.09. The third-order valence-corrected chi connectivity index (χ3v) is 3.97. The van der Waals surface area contributed by atoms with E-state index in [0.717, 1.165) is 23.4 Å². The fraction of sp³-hybridized carbons (Fsp3) is 0.0952. The van der Waals surface area contributed by atoms with Crippen LogP contribution in [0.2, 0.25) is 0 Å². The maximum absolute atomic E-state index is 12.8. The average molecular weight is 400 g/mol. The number of halogens is 3. The van der Waals surface area contributed by atoms with E-state index in [9.17, 15) is 23.3 Å². The van der Waals surface area contributed by atoms with Crippen molar-refractivity contribution in [2.45, 2.75) is 13.1 Å². The second kappa shape index (κ2) is 8.14. The van der Waals surface area contributed by atoms with E-state index in [1.54, 1.807) is 30.5 Å². The standard InChI is InChI=1S/C21H15F3N2O3/c1-14-5-8-17(9-6-14)25-13-15-3-2-4-18(11-15)29-20-10-7-16(21(22,23)24)12-19(20)26(27)28/h2-13H,1H3. The topological polar surface area (TPSA) is 64.7 Å². The van der Waals surface area contributed by atoms with Crippen LogP contribution < -0.4 is 4.74 Å². The van der Waals surface area contributed by atoms with Gasteiger partial charge in [0, 0.05) is 12.3 Å². The van der Waals surface area contributed by atoms with Crippen LogP contribution in [-0.4, -0.2) is 11.1 Å². The Bertz CT molecular complexity index is 1060. The van der Waals surface area contributed by atoms with Gasteiger partial charge in [-0.3, -0.25) is 15.1 Å². The lowest BCUT2D eigenvalue weighted by Gasteiger charge is -2.10. The molecule has 0 bridgehead atoms. The molecule has 148 valence electrons.